The Balaban J connectivity index is 1.88. The van der Waals surface area contributed by atoms with Gasteiger partial charge in [-0.2, -0.15) is 0 Å². The van der Waals surface area contributed by atoms with Gasteiger partial charge in [-0.1, -0.05) is 0 Å². The summed E-state index contributed by atoms with van der Waals surface area (Å²) in [5.74, 6) is -0.619. The van der Waals surface area contributed by atoms with Crippen molar-refractivity contribution in [3.63, 3.8) is 0 Å². The number of nitrogens with two attached hydrogens (primary N) is 1. The zero-order chi connectivity index (χ0) is 26.9. The summed E-state index contributed by atoms with van der Waals surface area (Å²) in [5.41, 5.74) is 5.62. The van der Waals surface area contributed by atoms with Crippen molar-refractivity contribution < 1.29 is 69.3 Å². The maximum absolute atomic E-state index is 11.7. The summed E-state index contributed by atoms with van der Waals surface area (Å²) >= 11 is 0. The minimum atomic E-state index is -1.81. The van der Waals surface area contributed by atoms with E-state index >= 15 is 0 Å². The van der Waals surface area contributed by atoms with Crippen LogP contribution in [0.15, 0.2) is 0 Å². The summed E-state index contributed by atoms with van der Waals surface area (Å²) in [6, 6.07) is -1.38. The number of nitrogens with one attached hydrogen (secondary N) is 1. The number of aliphatic hydroxyl groups is 8. The topological polar surface area (TPSA) is 263 Å². The van der Waals surface area contributed by atoms with E-state index in [1.807, 2.05) is 0 Å². The molecule has 3 heterocycles. The van der Waals surface area contributed by atoms with Crippen LogP contribution in [-0.4, -0.2) is 152 Å². The highest BCUT2D eigenvalue weighted by atomic mass is 16.8. The summed E-state index contributed by atoms with van der Waals surface area (Å²) < 4.78 is 27.7. The molecule has 0 radical (unpaired) electrons. The normalized spacial score (nSPS) is 50.0. The van der Waals surface area contributed by atoms with Crippen LogP contribution in [0.2, 0.25) is 0 Å². The Morgan fingerprint density at radius 1 is 0.806 bits per heavy atom. The third-order valence-electron chi connectivity index (χ3n) is 6.51. The van der Waals surface area contributed by atoms with Gasteiger partial charge in [0.05, 0.1) is 12.7 Å². The molecule has 36 heavy (non-hydrogen) atoms. The van der Waals surface area contributed by atoms with Crippen molar-refractivity contribution in [2.24, 2.45) is 5.73 Å². The number of aliphatic hydroxyl groups excluding tert-OH is 8. The van der Waals surface area contributed by atoms with Crippen LogP contribution in [0.5, 0.6) is 0 Å². The van der Waals surface area contributed by atoms with Crippen molar-refractivity contribution in [2.75, 3.05) is 13.2 Å². The molecule has 3 fully saturated rings. The molecule has 0 bridgehead atoms. The van der Waals surface area contributed by atoms with E-state index in [0.717, 1.165) is 6.92 Å². The van der Waals surface area contributed by atoms with Gasteiger partial charge < -0.3 is 75.6 Å². The fourth-order valence-corrected chi connectivity index (χ4v) is 4.42. The van der Waals surface area contributed by atoms with Gasteiger partial charge in [0.25, 0.3) is 0 Å². The van der Waals surface area contributed by atoms with Crippen molar-refractivity contribution in [1.82, 2.24) is 5.32 Å². The molecule has 15 atom stereocenters. The van der Waals surface area contributed by atoms with E-state index in [0.29, 0.717) is 0 Å². The van der Waals surface area contributed by atoms with E-state index in [1.54, 1.807) is 0 Å². The predicted molar refractivity (Wildman–Crippen MR) is 113 cm³/mol. The summed E-state index contributed by atoms with van der Waals surface area (Å²) in [4.78, 5) is 11.7. The molecule has 16 nitrogen and oxygen atoms in total. The van der Waals surface area contributed by atoms with Gasteiger partial charge in [0.2, 0.25) is 5.91 Å². The highest BCUT2D eigenvalue weighted by molar-refractivity contribution is 5.73. The Labute approximate surface area is 206 Å². The van der Waals surface area contributed by atoms with E-state index in [1.165, 1.54) is 6.92 Å². The van der Waals surface area contributed by atoms with E-state index < -0.39 is 105 Å². The summed E-state index contributed by atoms with van der Waals surface area (Å²) in [6.07, 6.45) is -21.3. The molecule has 3 aliphatic heterocycles. The lowest BCUT2D eigenvalue weighted by Gasteiger charge is -2.48. The average Bonchev–Trinajstić information content (AvgIpc) is 2.84. The minimum absolute atomic E-state index is 0.267. The van der Waals surface area contributed by atoms with Crippen LogP contribution in [0, 0.1) is 0 Å². The first-order valence-electron chi connectivity index (χ1n) is 11.5. The minimum Gasteiger partial charge on any atom is -0.394 e. The molecule has 16 heteroatoms. The number of rotatable bonds is 7. The smallest absolute Gasteiger partial charge is 0.217 e. The Morgan fingerprint density at radius 2 is 1.44 bits per heavy atom. The third kappa shape index (κ3) is 5.97. The largest absolute Gasteiger partial charge is 0.394 e. The van der Waals surface area contributed by atoms with Crippen molar-refractivity contribution in [1.29, 1.82) is 0 Å². The monoisotopic (exact) mass is 528 g/mol. The zero-order valence-electron chi connectivity index (χ0n) is 19.7. The molecule has 3 saturated heterocycles. The van der Waals surface area contributed by atoms with Crippen molar-refractivity contribution >= 4 is 5.91 Å². The second-order valence-corrected chi connectivity index (χ2v) is 9.11. The molecule has 1 amide bonds. The van der Waals surface area contributed by atoms with Crippen molar-refractivity contribution in [3.8, 4) is 0 Å². The Hall–Kier alpha value is -1.09. The van der Waals surface area contributed by atoms with E-state index in [-0.39, 0.29) is 6.54 Å². The number of amides is 1. The molecular weight excluding hydrogens is 492 g/mol. The average molecular weight is 529 g/mol. The molecule has 3 aliphatic rings. The highest BCUT2D eigenvalue weighted by Crippen LogP contribution is 2.32. The number of hydrogen-bond donors (Lipinski definition) is 10. The van der Waals surface area contributed by atoms with Crippen LogP contribution >= 0.6 is 0 Å². The molecule has 0 aliphatic carbocycles. The molecular formula is C20H36N2O14. The van der Waals surface area contributed by atoms with Gasteiger partial charge in [-0.25, -0.2) is 0 Å². The number of ether oxygens (including phenoxy) is 5. The van der Waals surface area contributed by atoms with Crippen molar-refractivity contribution in [2.45, 2.75) is 106 Å². The fourth-order valence-electron chi connectivity index (χ4n) is 4.42. The highest BCUT2D eigenvalue weighted by Gasteiger charge is 2.53. The summed E-state index contributed by atoms with van der Waals surface area (Å²) in [6.45, 7) is 1.55. The molecule has 210 valence electrons. The molecule has 3 rings (SSSR count). The van der Waals surface area contributed by atoms with Crippen LogP contribution in [0.25, 0.3) is 0 Å². The summed E-state index contributed by atoms with van der Waals surface area (Å²) in [7, 11) is 0. The van der Waals surface area contributed by atoms with Crippen LogP contribution in [0.3, 0.4) is 0 Å². The van der Waals surface area contributed by atoms with Crippen molar-refractivity contribution in [3.05, 3.63) is 0 Å². The molecule has 11 N–H and O–H groups in total. The lowest BCUT2D eigenvalue weighted by atomic mass is 9.95. The second-order valence-electron chi connectivity index (χ2n) is 9.11. The fraction of sp³-hybridized carbons (Fsp3) is 0.950. The van der Waals surface area contributed by atoms with E-state index in [9.17, 15) is 45.6 Å². The number of carbonyl (C=O) groups excluding carboxylic acids is 1. The Bertz CT molecular complexity index is 735. The van der Waals surface area contributed by atoms with E-state index in [2.05, 4.69) is 5.32 Å². The number of hydrogen-bond acceptors (Lipinski definition) is 15. The van der Waals surface area contributed by atoms with Crippen LogP contribution in [0.1, 0.15) is 13.8 Å². The third-order valence-corrected chi connectivity index (χ3v) is 6.51. The maximum Gasteiger partial charge on any atom is 0.217 e. The standard InChI is InChI=1S/C20H36N2O14/c1-5-10(25)14(29)15(30)20(32-5)36-17-16(12(27)7(3-21)33-18(17)31)35-19-9(22-6(2)24)13(28)11(26)8(4-23)34-19/h5,7-20,23,25-31H,3-4,21H2,1-2H3,(H,22,24)/t5-,7+,8+,9+,10+,11-,12-,13+,14+,15-,16-,17+,18?,19+,20-/m0/s1. The maximum atomic E-state index is 11.7. The molecule has 0 aromatic rings. The van der Waals surface area contributed by atoms with Gasteiger partial charge in [-0.15, -0.1) is 0 Å². The molecule has 0 aromatic carbocycles. The number of carbonyl (C=O) groups is 1. The lowest BCUT2D eigenvalue weighted by molar-refractivity contribution is -0.378. The van der Waals surface area contributed by atoms with Gasteiger partial charge in [-0.3, -0.25) is 4.79 Å². The van der Waals surface area contributed by atoms with Crippen LogP contribution in [0.4, 0.5) is 0 Å². The molecule has 0 spiro atoms. The van der Waals surface area contributed by atoms with Crippen LogP contribution in [-0.2, 0) is 28.5 Å². The lowest BCUT2D eigenvalue weighted by Crippen LogP contribution is -2.68. The Kier molecular flexibility index (Phi) is 9.97. The van der Waals surface area contributed by atoms with Gasteiger partial charge in [0, 0.05) is 13.5 Å². The SMILES string of the molecule is CC(=O)N[C@H]1[C@@H](O[C@H]2[C@@H](O)[C@@H](CN)OC(O)[C@@H]2O[C@@H]2O[C@@H](C)[C@@H](O)[C@@H](O)[C@@H]2O)O[C@H](CO)[C@H](O)[C@@H]1O. The van der Waals surface area contributed by atoms with Gasteiger partial charge in [-0.05, 0) is 6.92 Å². The second kappa shape index (κ2) is 12.2. The van der Waals surface area contributed by atoms with Crippen LogP contribution < -0.4 is 11.1 Å². The van der Waals surface area contributed by atoms with Gasteiger partial charge >= 0.3 is 0 Å². The first kappa shape index (κ1) is 29.5. The van der Waals surface area contributed by atoms with Gasteiger partial charge in [0.1, 0.15) is 67.1 Å². The van der Waals surface area contributed by atoms with Gasteiger partial charge in [0.15, 0.2) is 18.9 Å². The Morgan fingerprint density at radius 3 is 2.03 bits per heavy atom. The predicted octanol–water partition coefficient (Wildman–Crippen LogP) is -6.44. The summed E-state index contributed by atoms with van der Waals surface area (Å²) in [5, 5.41) is 84.4. The quantitative estimate of drug-likeness (QED) is 0.147. The zero-order valence-corrected chi connectivity index (χ0v) is 19.7. The molecule has 1 unspecified atom stereocenters. The molecule has 0 aromatic heterocycles. The first-order valence-corrected chi connectivity index (χ1v) is 11.5. The van der Waals surface area contributed by atoms with E-state index in [4.69, 9.17) is 29.4 Å². The molecule has 0 saturated carbocycles. The first-order chi connectivity index (χ1) is 16.9.